The molecule has 2 aromatic rings. The van der Waals surface area contributed by atoms with Gasteiger partial charge in [-0.1, -0.05) is 36.8 Å². The fourth-order valence-corrected chi connectivity index (χ4v) is 3.27. The standard InChI is InChI=1S/C14H15ClN4O3S/c1-3-8(4-2)13-17-18-14(23-13)16-12(20)10-6-5-9(15)7-11(10)19(21)22/h5-8H,3-4H2,1-2H3,(H,16,18,20). The van der Waals surface area contributed by atoms with Gasteiger partial charge in [0.25, 0.3) is 11.6 Å². The average molecular weight is 355 g/mol. The Balaban J connectivity index is 2.21. The highest BCUT2D eigenvalue weighted by molar-refractivity contribution is 7.15. The van der Waals surface area contributed by atoms with Crippen LogP contribution in [0.1, 0.15) is 48.0 Å². The van der Waals surface area contributed by atoms with Crippen LogP contribution in [0, 0.1) is 10.1 Å². The number of nitro benzene ring substituents is 1. The van der Waals surface area contributed by atoms with E-state index in [9.17, 15) is 14.9 Å². The molecular formula is C14H15ClN4O3S. The number of nitro groups is 1. The van der Waals surface area contributed by atoms with Crippen molar-refractivity contribution < 1.29 is 9.72 Å². The van der Waals surface area contributed by atoms with E-state index in [0.29, 0.717) is 11.0 Å². The number of rotatable bonds is 6. The summed E-state index contributed by atoms with van der Waals surface area (Å²) in [4.78, 5) is 22.7. The minimum absolute atomic E-state index is 0.0707. The molecule has 0 unspecified atom stereocenters. The molecule has 7 nitrogen and oxygen atoms in total. The van der Waals surface area contributed by atoms with E-state index in [1.54, 1.807) is 0 Å². The summed E-state index contributed by atoms with van der Waals surface area (Å²) in [6.07, 6.45) is 1.86. The smallest absolute Gasteiger partial charge is 0.283 e. The SMILES string of the molecule is CCC(CC)c1nnc(NC(=O)c2ccc(Cl)cc2[N+](=O)[O-])s1. The molecule has 0 radical (unpaired) electrons. The molecule has 1 heterocycles. The molecule has 0 aliphatic rings. The molecule has 122 valence electrons. The predicted molar refractivity (Wildman–Crippen MR) is 89.3 cm³/mol. The van der Waals surface area contributed by atoms with Crippen molar-refractivity contribution in [1.82, 2.24) is 10.2 Å². The molecule has 23 heavy (non-hydrogen) atoms. The first-order chi connectivity index (χ1) is 11.0. The van der Waals surface area contributed by atoms with Crippen LogP contribution in [0.5, 0.6) is 0 Å². The van der Waals surface area contributed by atoms with E-state index in [-0.39, 0.29) is 16.3 Å². The van der Waals surface area contributed by atoms with Crippen LogP contribution in [0.15, 0.2) is 18.2 Å². The Morgan fingerprint density at radius 1 is 1.39 bits per heavy atom. The Bertz CT molecular complexity index is 731. The Morgan fingerprint density at radius 2 is 2.09 bits per heavy atom. The lowest BCUT2D eigenvalue weighted by Gasteiger charge is -2.06. The molecule has 0 atom stereocenters. The molecule has 0 bridgehead atoms. The molecular weight excluding hydrogens is 340 g/mol. The molecule has 1 aromatic heterocycles. The van der Waals surface area contributed by atoms with Gasteiger partial charge in [0.05, 0.1) is 4.92 Å². The molecule has 0 aliphatic heterocycles. The number of anilines is 1. The van der Waals surface area contributed by atoms with Crippen LogP contribution in [0.3, 0.4) is 0 Å². The zero-order chi connectivity index (χ0) is 17.0. The Kier molecular flexibility index (Phi) is 5.62. The lowest BCUT2D eigenvalue weighted by atomic mass is 10.1. The second-order valence-corrected chi connectivity index (χ2v) is 6.28. The van der Waals surface area contributed by atoms with Crippen LogP contribution in [-0.2, 0) is 0 Å². The zero-order valence-corrected chi connectivity index (χ0v) is 14.1. The Morgan fingerprint density at radius 3 is 2.70 bits per heavy atom. The highest BCUT2D eigenvalue weighted by Gasteiger charge is 2.22. The van der Waals surface area contributed by atoms with Crippen molar-refractivity contribution >= 4 is 39.7 Å². The average Bonchev–Trinajstić information content (AvgIpc) is 2.96. The fourth-order valence-electron chi connectivity index (χ4n) is 2.10. The zero-order valence-electron chi connectivity index (χ0n) is 12.6. The molecule has 0 spiro atoms. The van der Waals surface area contributed by atoms with E-state index < -0.39 is 10.8 Å². The molecule has 1 aromatic carbocycles. The normalized spacial score (nSPS) is 10.8. The van der Waals surface area contributed by atoms with Gasteiger partial charge in [-0.25, -0.2) is 0 Å². The van der Waals surface area contributed by atoms with E-state index in [2.05, 4.69) is 29.4 Å². The van der Waals surface area contributed by atoms with Crippen LogP contribution < -0.4 is 5.32 Å². The molecule has 1 N–H and O–H groups in total. The van der Waals surface area contributed by atoms with Gasteiger partial charge in [0, 0.05) is 17.0 Å². The first-order valence-corrected chi connectivity index (χ1v) is 8.24. The van der Waals surface area contributed by atoms with Crippen LogP contribution in [0.2, 0.25) is 5.02 Å². The summed E-state index contributed by atoms with van der Waals surface area (Å²) in [6, 6.07) is 3.89. The summed E-state index contributed by atoms with van der Waals surface area (Å²) in [7, 11) is 0. The number of aromatic nitrogens is 2. The summed E-state index contributed by atoms with van der Waals surface area (Å²) < 4.78 is 0. The number of hydrogen-bond acceptors (Lipinski definition) is 6. The molecule has 0 saturated heterocycles. The molecule has 0 saturated carbocycles. The number of nitrogens with zero attached hydrogens (tertiary/aromatic N) is 3. The van der Waals surface area contributed by atoms with Gasteiger partial charge in [0.2, 0.25) is 5.13 Å². The number of hydrogen-bond donors (Lipinski definition) is 1. The summed E-state index contributed by atoms with van der Waals surface area (Å²) in [5, 5.41) is 23.0. The third-order valence-electron chi connectivity index (χ3n) is 3.40. The monoisotopic (exact) mass is 354 g/mol. The number of benzene rings is 1. The molecule has 0 aliphatic carbocycles. The van der Waals surface area contributed by atoms with Crippen LogP contribution in [-0.4, -0.2) is 21.0 Å². The van der Waals surface area contributed by atoms with Crippen LogP contribution >= 0.6 is 22.9 Å². The van der Waals surface area contributed by atoms with E-state index >= 15 is 0 Å². The van der Waals surface area contributed by atoms with Crippen LogP contribution in [0.25, 0.3) is 0 Å². The fraction of sp³-hybridized carbons (Fsp3) is 0.357. The van der Waals surface area contributed by atoms with Crippen molar-refractivity contribution in [1.29, 1.82) is 0 Å². The second-order valence-electron chi connectivity index (χ2n) is 4.83. The van der Waals surface area contributed by atoms with Crippen molar-refractivity contribution in [2.75, 3.05) is 5.32 Å². The predicted octanol–water partition coefficient (Wildman–Crippen LogP) is 4.26. The van der Waals surface area contributed by atoms with E-state index in [0.717, 1.165) is 23.9 Å². The lowest BCUT2D eigenvalue weighted by molar-refractivity contribution is -0.385. The highest BCUT2D eigenvalue weighted by atomic mass is 35.5. The number of carbonyl (C=O) groups is 1. The number of carbonyl (C=O) groups excluding carboxylic acids is 1. The van der Waals surface area contributed by atoms with Gasteiger partial charge in [-0.05, 0) is 25.0 Å². The third-order valence-corrected chi connectivity index (χ3v) is 4.63. The first kappa shape index (κ1) is 17.3. The first-order valence-electron chi connectivity index (χ1n) is 7.04. The van der Waals surface area contributed by atoms with Gasteiger partial charge in [0.15, 0.2) is 0 Å². The van der Waals surface area contributed by atoms with Gasteiger partial charge in [0.1, 0.15) is 10.6 Å². The van der Waals surface area contributed by atoms with Crippen molar-refractivity contribution in [3.05, 3.63) is 43.9 Å². The number of amides is 1. The van der Waals surface area contributed by atoms with E-state index in [4.69, 9.17) is 11.6 Å². The van der Waals surface area contributed by atoms with Crippen LogP contribution in [0.4, 0.5) is 10.8 Å². The molecule has 2 rings (SSSR count). The minimum Gasteiger partial charge on any atom is -0.296 e. The maximum absolute atomic E-state index is 12.2. The van der Waals surface area contributed by atoms with Crippen molar-refractivity contribution in [2.45, 2.75) is 32.6 Å². The van der Waals surface area contributed by atoms with Gasteiger partial charge in [-0.15, -0.1) is 10.2 Å². The number of halogens is 1. The summed E-state index contributed by atoms with van der Waals surface area (Å²) in [5.74, 6) is -0.316. The van der Waals surface area contributed by atoms with E-state index in [1.165, 1.54) is 23.5 Å². The topological polar surface area (TPSA) is 98.0 Å². The Labute approximate surface area is 141 Å². The lowest BCUT2D eigenvalue weighted by Crippen LogP contribution is -2.13. The molecule has 9 heteroatoms. The largest absolute Gasteiger partial charge is 0.296 e. The summed E-state index contributed by atoms with van der Waals surface area (Å²) >= 11 is 7.02. The highest BCUT2D eigenvalue weighted by Crippen LogP contribution is 2.29. The Hall–Kier alpha value is -2.06. The van der Waals surface area contributed by atoms with Gasteiger partial charge in [-0.3, -0.25) is 20.2 Å². The molecule has 1 amide bonds. The van der Waals surface area contributed by atoms with Crippen molar-refractivity contribution in [3.63, 3.8) is 0 Å². The van der Waals surface area contributed by atoms with Gasteiger partial charge in [-0.2, -0.15) is 0 Å². The summed E-state index contributed by atoms with van der Waals surface area (Å²) in [5.41, 5.74) is -0.418. The number of nitrogens with one attached hydrogen (secondary N) is 1. The quantitative estimate of drug-likeness (QED) is 0.617. The second kappa shape index (κ2) is 7.47. The maximum Gasteiger partial charge on any atom is 0.283 e. The molecule has 0 fully saturated rings. The maximum atomic E-state index is 12.2. The van der Waals surface area contributed by atoms with Gasteiger partial charge < -0.3 is 0 Å². The van der Waals surface area contributed by atoms with E-state index in [1.807, 2.05) is 0 Å². The minimum atomic E-state index is -0.642. The third kappa shape index (κ3) is 4.02. The van der Waals surface area contributed by atoms with Crippen molar-refractivity contribution in [2.24, 2.45) is 0 Å². The van der Waals surface area contributed by atoms with Gasteiger partial charge >= 0.3 is 0 Å². The summed E-state index contributed by atoms with van der Waals surface area (Å²) in [6.45, 7) is 4.12. The van der Waals surface area contributed by atoms with Crippen molar-refractivity contribution in [3.8, 4) is 0 Å².